The van der Waals surface area contributed by atoms with E-state index in [9.17, 15) is 4.79 Å². The monoisotopic (exact) mass is 300 g/mol. The van der Waals surface area contributed by atoms with Crippen LogP contribution in [-0.2, 0) is 0 Å². The van der Waals surface area contributed by atoms with E-state index in [1.54, 1.807) is 6.07 Å². The summed E-state index contributed by atoms with van der Waals surface area (Å²) in [6, 6.07) is 1.72. The summed E-state index contributed by atoms with van der Waals surface area (Å²) in [5.74, 6) is 0.890. The molecular weight excluding hydrogens is 284 g/mol. The SMILES string of the molecule is O=C(NCCC1CCCNC1)c1occc1Br. The third-order valence-corrected chi connectivity index (χ3v) is 3.68. The second-order valence-electron chi connectivity index (χ2n) is 4.35. The molecule has 1 aliphatic heterocycles. The van der Waals surface area contributed by atoms with Crippen molar-refractivity contribution in [1.82, 2.24) is 10.6 Å². The molecule has 0 aromatic carbocycles. The average molecular weight is 301 g/mol. The predicted molar refractivity (Wildman–Crippen MR) is 69.0 cm³/mol. The molecule has 1 saturated heterocycles. The summed E-state index contributed by atoms with van der Waals surface area (Å²) in [5.41, 5.74) is 0. The van der Waals surface area contributed by atoms with E-state index >= 15 is 0 Å². The van der Waals surface area contributed by atoms with E-state index in [-0.39, 0.29) is 5.91 Å². The molecule has 1 fully saturated rings. The molecule has 2 heterocycles. The lowest BCUT2D eigenvalue weighted by molar-refractivity contribution is 0.0922. The number of furan rings is 1. The van der Waals surface area contributed by atoms with Crippen LogP contribution in [0.3, 0.4) is 0 Å². The molecule has 1 aromatic rings. The van der Waals surface area contributed by atoms with Crippen molar-refractivity contribution in [1.29, 1.82) is 0 Å². The van der Waals surface area contributed by atoms with Gasteiger partial charge in [-0.05, 0) is 60.3 Å². The lowest BCUT2D eigenvalue weighted by Crippen LogP contribution is -2.33. The van der Waals surface area contributed by atoms with Gasteiger partial charge in [0.15, 0.2) is 0 Å². The molecule has 0 radical (unpaired) electrons. The van der Waals surface area contributed by atoms with Crippen molar-refractivity contribution >= 4 is 21.8 Å². The molecule has 4 nitrogen and oxygen atoms in total. The van der Waals surface area contributed by atoms with E-state index in [0.29, 0.717) is 22.7 Å². The molecule has 0 spiro atoms. The van der Waals surface area contributed by atoms with E-state index in [1.165, 1.54) is 19.1 Å². The molecule has 1 amide bonds. The Labute approximate surface area is 109 Å². The van der Waals surface area contributed by atoms with E-state index in [0.717, 1.165) is 19.5 Å². The summed E-state index contributed by atoms with van der Waals surface area (Å²) in [6.07, 6.45) is 5.02. The van der Waals surface area contributed by atoms with Crippen molar-refractivity contribution < 1.29 is 9.21 Å². The largest absolute Gasteiger partial charge is 0.458 e. The molecule has 0 saturated carbocycles. The van der Waals surface area contributed by atoms with Crippen LogP contribution in [0.2, 0.25) is 0 Å². The number of carbonyl (C=O) groups excluding carboxylic acids is 1. The maximum Gasteiger partial charge on any atom is 0.288 e. The molecule has 1 aromatic heterocycles. The molecule has 0 bridgehead atoms. The lowest BCUT2D eigenvalue weighted by Gasteiger charge is -2.22. The summed E-state index contributed by atoms with van der Waals surface area (Å²) in [7, 11) is 0. The Hall–Kier alpha value is -0.810. The molecule has 1 unspecified atom stereocenters. The fourth-order valence-electron chi connectivity index (χ4n) is 2.10. The number of hydrogen-bond donors (Lipinski definition) is 2. The van der Waals surface area contributed by atoms with Gasteiger partial charge in [-0.3, -0.25) is 4.79 Å². The lowest BCUT2D eigenvalue weighted by atomic mass is 9.96. The summed E-state index contributed by atoms with van der Waals surface area (Å²) >= 11 is 3.27. The average Bonchev–Trinajstić information content (AvgIpc) is 2.77. The van der Waals surface area contributed by atoms with Gasteiger partial charge in [0.25, 0.3) is 5.91 Å². The number of amides is 1. The highest BCUT2D eigenvalue weighted by molar-refractivity contribution is 9.10. The van der Waals surface area contributed by atoms with Gasteiger partial charge in [0.2, 0.25) is 5.76 Å². The first-order chi connectivity index (χ1) is 8.27. The van der Waals surface area contributed by atoms with Crippen LogP contribution in [0.1, 0.15) is 29.8 Å². The first-order valence-corrected chi connectivity index (χ1v) is 6.78. The van der Waals surface area contributed by atoms with Gasteiger partial charge in [-0.2, -0.15) is 0 Å². The van der Waals surface area contributed by atoms with Gasteiger partial charge in [-0.1, -0.05) is 0 Å². The van der Waals surface area contributed by atoms with Crippen LogP contribution in [0.4, 0.5) is 0 Å². The van der Waals surface area contributed by atoms with Crippen LogP contribution in [-0.4, -0.2) is 25.5 Å². The van der Waals surface area contributed by atoms with Crippen LogP contribution in [0.5, 0.6) is 0 Å². The Bertz CT molecular complexity index is 372. The minimum absolute atomic E-state index is 0.148. The van der Waals surface area contributed by atoms with Gasteiger partial charge in [-0.15, -0.1) is 0 Å². The van der Waals surface area contributed by atoms with Crippen molar-refractivity contribution in [3.8, 4) is 0 Å². The number of halogens is 1. The molecule has 1 atom stereocenters. The minimum Gasteiger partial charge on any atom is -0.458 e. The van der Waals surface area contributed by atoms with Crippen molar-refractivity contribution in [3.05, 3.63) is 22.6 Å². The Morgan fingerprint density at radius 1 is 1.65 bits per heavy atom. The number of carbonyl (C=O) groups is 1. The smallest absolute Gasteiger partial charge is 0.288 e. The molecule has 5 heteroatoms. The highest BCUT2D eigenvalue weighted by atomic mass is 79.9. The van der Waals surface area contributed by atoms with Gasteiger partial charge in [0.05, 0.1) is 10.7 Å². The van der Waals surface area contributed by atoms with Crippen LogP contribution in [0.15, 0.2) is 21.2 Å². The highest BCUT2D eigenvalue weighted by Crippen LogP contribution is 2.17. The number of nitrogens with one attached hydrogen (secondary N) is 2. The van der Waals surface area contributed by atoms with Crippen LogP contribution >= 0.6 is 15.9 Å². The Kier molecular flexibility index (Phi) is 4.62. The Morgan fingerprint density at radius 3 is 3.18 bits per heavy atom. The zero-order chi connectivity index (χ0) is 12.1. The zero-order valence-corrected chi connectivity index (χ0v) is 11.3. The third-order valence-electron chi connectivity index (χ3n) is 3.06. The normalized spacial score (nSPS) is 20.2. The van der Waals surface area contributed by atoms with Crippen LogP contribution < -0.4 is 10.6 Å². The van der Waals surface area contributed by atoms with Gasteiger partial charge in [0.1, 0.15) is 0 Å². The molecule has 94 valence electrons. The molecule has 2 N–H and O–H groups in total. The molecule has 2 rings (SSSR count). The second kappa shape index (κ2) is 6.21. The fraction of sp³-hybridized carbons (Fsp3) is 0.583. The molecule has 17 heavy (non-hydrogen) atoms. The van der Waals surface area contributed by atoms with Crippen LogP contribution in [0, 0.1) is 5.92 Å². The van der Waals surface area contributed by atoms with Gasteiger partial charge < -0.3 is 15.1 Å². The number of hydrogen-bond acceptors (Lipinski definition) is 3. The zero-order valence-electron chi connectivity index (χ0n) is 9.67. The summed E-state index contributed by atoms with van der Waals surface area (Å²) in [4.78, 5) is 11.7. The fourth-order valence-corrected chi connectivity index (χ4v) is 2.48. The van der Waals surface area contributed by atoms with E-state index in [2.05, 4.69) is 26.6 Å². The van der Waals surface area contributed by atoms with Crippen molar-refractivity contribution in [2.75, 3.05) is 19.6 Å². The summed E-state index contributed by atoms with van der Waals surface area (Å²) in [5, 5.41) is 6.25. The summed E-state index contributed by atoms with van der Waals surface area (Å²) in [6.45, 7) is 2.90. The first kappa shape index (κ1) is 12.6. The van der Waals surface area contributed by atoms with E-state index < -0.39 is 0 Å². The van der Waals surface area contributed by atoms with Crippen molar-refractivity contribution in [3.63, 3.8) is 0 Å². The maximum absolute atomic E-state index is 11.7. The molecular formula is C12H17BrN2O2. The first-order valence-electron chi connectivity index (χ1n) is 5.99. The number of rotatable bonds is 4. The standard InChI is InChI=1S/C12H17BrN2O2/c13-10-4-7-17-11(10)12(16)15-6-3-9-2-1-5-14-8-9/h4,7,9,14H,1-3,5-6,8H2,(H,15,16). The van der Waals surface area contributed by atoms with Crippen LogP contribution in [0.25, 0.3) is 0 Å². The predicted octanol–water partition coefficient (Wildman–Crippen LogP) is 2.16. The minimum atomic E-state index is -0.148. The third kappa shape index (κ3) is 3.57. The van der Waals surface area contributed by atoms with Crippen molar-refractivity contribution in [2.45, 2.75) is 19.3 Å². The topological polar surface area (TPSA) is 54.3 Å². The van der Waals surface area contributed by atoms with Gasteiger partial charge >= 0.3 is 0 Å². The Balaban J connectivity index is 1.71. The maximum atomic E-state index is 11.7. The molecule has 0 aliphatic carbocycles. The molecule has 1 aliphatic rings. The highest BCUT2D eigenvalue weighted by Gasteiger charge is 2.15. The van der Waals surface area contributed by atoms with Gasteiger partial charge in [0, 0.05) is 6.54 Å². The van der Waals surface area contributed by atoms with Crippen molar-refractivity contribution in [2.24, 2.45) is 5.92 Å². The number of piperidine rings is 1. The Morgan fingerprint density at radius 2 is 2.53 bits per heavy atom. The second-order valence-corrected chi connectivity index (χ2v) is 5.21. The summed E-state index contributed by atoms with van der Waals surface area (Å²) < 4.78 is 5.80. The van der Waals surface area contributed by atoms with E-state index in [4.69, 9.17) is 4.42 Å². The quantitative estimate of drug-likeness (QED) is 0.896. The van der Waals surface area contributed by atoms with Gasteiger partial charge in [-0.25, -0.2) is 0 Å². The van der Waals surface area contributed by atoms with E-state index in [1.807, 2.05) is 0 Å².